The summed E-state index contributed by atoms with van der Waals surface area (Å²) >= 11 is 0. The Kier molecular flexibility index (Phi) is 6.18. The maximum absolute atomic E-state index is 12.4. The van der Waals surface area contributed by atoms with Gasteiger partial charge in [-0.25, -0.2) is 4.79 Å². The number of aliphatic hydroxyl groups excluding tert-OH is 1. The lowest BCUT2D eigenvalue weighted by Gasteiger charge is -2.20. The second-order valence-corrected chi connectivity index (χ2v) is 6.18. The van der Waals surface area contributed by atoms with Gasteiger partial charge in [-0.05, 0) is 29.5 Å². The highest BCUT2D eigenvalue weighted by Crippen LogP contribution is 2.26. The summed E-state index contributed by atoms with van der Waals surface area (Å²) in [6.45, 7) is 0. The molecule has 0 heterocycles. The Bertz CT molecular complexity index is 761. The van der Waals surface area contributed by atoms with E-state index in [0.29, 0.717) is 12.8 Å². The van der Waals surface area contributed by atoms with Gasteiger partial charge < -0.3 is 9.84 Å². The lowest BCUT2D eigenvalue weighted by molar-refractivity contribution is -0.157. The molecule has 0 amide bonds. The Morgan fingerprint density at radius 2 is 1.23 bits per heavy atom. The van der Waals surface area contributed by atoms with Crippen LogP contribution in [0.1, 0.15) is 29.2 Å². The van der Waals surface area contributed by atoms with Crippen LogP contribution in [0.15, 0.2) is 91.0 Å². The predicted octanol–water partition coefficient (Wildman–Crippen LogP) is 4.31. The fraction of sp³-hybridized carbons (Fsp3) is 0.174. The highest BCUT2D eigenvalue weighted by Gasteiger charge is 2.23. The molecule has 0 aromatic heterocycles. The smallest absolute Gasteiger partial charge is 0.335 e. The van der Waals surface area contributed by atoms with E-state index in [0.717, 1.165) is 16.7 Å². The van der Waals surface area contributed by atoms with E-state index in [9.17, 15) is 9.90 Å². The average molecular weight is 346 g/mol. The quantitative estimate of drug-likeness (QED) is 0.648. The Labute approximate surface area is 153 Å². The van der Waals surface area contributed by atoms with Crippen LogP contribution in [0.2, 0.25) is 0 Å². The van der Waals surface area contributed by atoms with Gasteiger partial charge in [-0.1, -0.05) is 91.0 Å². The van der Waals surface area contributed by atoms with Crippen molar-refractivity contribution < 1.29 is 14.6 Å². The van der Waals surface area contributed by atoms with Crippen LogP contribution in [0, 0.1) is 0 Å². The number of hydrogen-bond donors (Lipinski definition) is 1. The minimum absolute atomic E-state index is 0.332. The monoisotopic (exact) mass is 346 g/mol. The van der Waals surface area contributed by atoms with E-state index in [1.54, 1.807) is 0 Å². The predicted molar refractivity (Wildman–Crippen MR) is 102 cm³/mol. The number of aliphatic hydroxyl groups is 1. The van der Waals surface area contributed by atoms with E-state index in [-0.39, 0.29) is 0 Å². The molecule has 0 aliphatic carbocycles. The molecule has 0 fully saturated rings. The Balaban J connectivity index is 1.69. The van der Waals surface area contributed by atoms with Gasteiger partial charge in [0.25, 0.3) is 0 Å². The Morgan fingerprint density at radius 1 is 0.769 bits per heavy atom. The summed E-state index contributed by atoms with van der Waals surface area (Å²) in [5.41, 5.74) is 2.84. The Hall–Kier alpha value is -2.91. The highest BCUT2D eigenvalue weighted by molar-refractivity contribution is 5.75. The van der Waals surface area contributed by atoms with Crippen molar-refractivity contribution in [2.45, 2.75) is 25.0 Å². The third-order valence-corrected chi connectivity index (χ3v) is 4.26. The van der Waals surface area contributed by atoms with Gasteiger partial charge in [0.1, 0.15) is 0 Å². The summed E-state index contributed by atoms with van der Waals surface area (Å²) in [7, 11) is 0. The molecular formula is C23H22O3. The van der Waals surface area contributed by atoms with E-state index in [4.69, 9.17) is 4.74 Å². The van der Waals surface area contributed by atoms with Crippen molar-refractivity contribution in [2.75, 3.05) is 0 Å². The highest BCUT2D eigenvalue weighted by atomic mass is 16.6. The molecule has 132 valence electrons. The zero-order chi connectivity index (χ0) is 18.2. The summed E-state index contributed by atoms with van der Waals surface area (Å²) in [5.74, 6) is -0.598. The van der Waals surface area contributed by atoms with E-state index < -0.39 is 18.2 Å². The lowest BCUT2D eigenvalue weighted by atomic mass is 10.0. The molecule has 0 saturated heterocycles. The molecule has 3 rings (SSSR count). The van der Waals surface area contributed by atoms with Gasteiger partial charge in [-0.15, -0.1) is 0 Å². The molecule has 3 aromatic carbocycles. The first-order chi connectivity index (χ1) is 12.7. The van der Waals surface area contributed by atoms with Gasteiger partial charge in [0, 0.05) is 0 Å². The van der Waals surface area contributed by atoms with E-state index in [1.165, 1.54) is 0 Å². The van der Waals surface area contributed by atoms with Crippen molar-refractivity contribution in [3.05, 3.63) is 108 Å². The van der Waals surface area contributed by atoms with Crippen LogP contribution in [0.3, 0.4) is 0 Å². The van der Waals surface area contributed by atoms with E-state index in [1.807, 2.05) is 91.0 Å². The third kappa shape index (κ3) is 4.80. The first-order valence-electron chi connectivity index (χ1n) is 8.76. The van der Waals surface area contributed by atoms with Crippen LogP contribution >= 0.6 is 0 Å². The molecule has 3 aromatic rings. The molecule has 0 aliphatic heterocycles. The molecule has 0 aliphatic rings. The molecule has 26 heavy (non-hydrogen) atoms. The van der Waals surface area contributed by atoms with Crippen LogP contribution in [-0.4, -0.2) is 17.2 Å². The van der Waals surface area contributed by atoms with Crippen LogP contribution in [0.25, 0.3) is 0 Å². The standard InChI is InChI=1S/C23H22O3/c24-21(17-16-18-10-4-1-5-11-18)23(25)26-22(19-12-6-2-7-13-19)20-14-8-3-9-15-20/h1-15,21-22,24H,16-17H2. The summed E-state index contributed by atoms with van der Waals surface area (Å²) < 4.78 is 5.68. The molecule has 0 bridgehead atoms. The SMILES string of the molecule is O=C(OC(c1ccccc1)c1ccccc1)C(O)CCc1ccccc1. The van der Waals surface area contributed by atoms with Crippen molar-refractivity contribution in [2.24, 2.45) is 0 Å². The minimum Gasteiger partial charge on any atom is -0.451 e. The summed E-state index contributed by atoms with van der Waals surface area (Å²) in [5, 5.41) is 10.2. The summed E-state index contributed by atoms with van der Waals surface area (Å²) in [6, 6.07) is 28.9. The Morgan fingerprint density at radius 3 is 1.73 bits per heavy atom. The maximum atomic E-state index is 12.4. The molecule has 0 saturated carbocycles. The molecule has 3 nitrogen and oxygen atoms in total. The number of hydrogen-bond acceptors (Lipinski definition) is 3. The number of carbonyl (C=O) groups excluding carboxylic acids is 1. The minimum atomic E-state index is -1.15. The molecule has 1 N–H and O–H groups in total. The van der Waals surface area contributed by atoms with Crippen molar-refractivity contribution >= 4 is 5.97 Å². The second-order valence-electron chi connectivity index (χ2n) is 6.18. The van der Waals surface area contributed by atoms with Crippen molar-refractivity contribution in [3.8, 4) is 0 Å². The fourth-order valence-electron chi connectivity index (χ4n) is 2.84. The number of aryl methyl sites for hydroxylation is 1. The van der Waals surface area contributed by atoms with Gasteiger partial charge in [0.15, 0.2) is 12.2 Å². The van der Waals surface area contributed by atoms with Gasteiger partial charge in [0.2, 0.25) is 0 Å². The number of rotatable bonds is 7. The number of ether oxygens (including phenoxy) is 1. The fourth-order valence-corrected chi connectivity index (χ4v) is 2.84. The molecule has 0 radical (unpaired) electrons. The number of carbonyl (C=O) groups is 1. The van der Waals surface area contributed by atoms with Gasteiger partial charge in [-0.3, -0.25) is 0 Å². The molecule has 3 heteroatoms. The van der Waals surface area contributed by atoms with Gasteiger partial charge >= 0.3 is 5.97 Å². The summed E-state index contributed by atoms with van der Waals surface area (Å²) in [6.07, 6.45) is -0.723. The van der Waals surface area contributed by atoms with Crippen molar-refractivity contribution in [1.29, 1.82) is 0 Å². The zero-order valence-electron chi connectivity index (χ0n) is 14.5. The molecular weight excluding hydrogens is 324 g/mol. The summed E-state index contributed by atoms with van der Waals surface area (Å²) in [4.78, 5) is 12.4. The van der Waals surface area contributed by atoms with Gasteiger partial charge in [0.05, 0.1) is 0 Å². The van der Waals surface area contributed by atoms with E-state index in [2.05, 4.69) is 0 Å². The number of benzene rings is 3. The molecule has 1 atom stereocenters. The van der Waals surface area contributed by atoms with E-state index >= 15 is 0 Å². The van der Waals surface area contributed by atoms with Crippen molar-refractivity contribution in [3.63, 3.8) is 0 Å². The molecule has 0 spiro atoms. The first-order valence-corrected chi connectivity index (χ1v) is 8.76. The largest absolute Gasteiger partial charge is 0.451 e. The second kappa shape index (κ2) is 8.97. The zero-order valence-corrected chi connectivity index (χ0v) is 14.5. The van der Waals surface area contributed by atoms with Crippen LogP contribution in [-0.2, 0) is 16.0 Å². The topological polar surface area (TPSA) is 46.5 Å². The van der Waals surface area contributed by atoms with Gasteiger partial charge in [-0.2, -0.15) is 0 Å². The first kappa shape index (κ1) is 17.9. The number of esters is 1. The van der Waals surface area contributed by atoms with Crippen LogP contribution in [0.4, 0.5) is 0 Å². The van der Waals surface area contributed by atoms with Crippen molar-refractivity contribution in [1.82, 2.24) is 0 Å². The normalized spacial score (nSPS) is 11.9. The van der Waals surface area contributed by atoms with Crippen LogP contribution < -0.4 is 0 Å². The lowest BCUT2D eigenvalue weighted by Crippen LogP contribution is -2.26. The molecule has 1 unspecified atom stereocenters. The average Bonchev–Trinajstić information content (AvgIpc) is 2.72. The van der Waals surface area contributed by atoms with Crippen LogP contribution in [0.5, 0.6) is 0 Å². The maximum Gasteiger partial charge on any atom is 0.335 e. The third-order valence-electron chi connectivity index (χ3n) is 4.26.